The lowest BCUT2D eigenvalue weighted by atomic mass is 9.77. The smallest absolute Gasteiger partial charge is 0.185 e. The molecule has 0 aromatic carbocycles. The van der Waals surface area contributed by atoms with Gasteiger partial charge >= 0.3 is 0 Å². The molecule has 1 aliphatic rings. The number of hydrogen-bond acceptors (Lipinski definition) is 2. The van der Waals surface area contributed by atoms with Crippen molar-refractivity contribution in [2.75, 3.05) is 0 Å². The number of allylic oxidation sites excluding steroid dienone is 4. The van der Waals surface area contributed by atoms with Crippen molar-refractivity contribution in [3.8, 4) is 0 Å². The SMILES string of the molecule is CC1=C(C)C(=O)C(C(C)(C)C)=CC1=O. The molecular formula is C12H16O2. The lowest BCUT2D eigenvalue weighted by molar-refractivity contribution is -0.116. The molecule has 14 heavy (non-hydrogen) atoms. The summed E-state index contributed by atoms with van der Waals surface area (Å²) in [4.78, 5) is 23.4. The van der Waals surface area contributed by atoms with E-state index in [4.69, 9.17) is 0 Å². The van der Waals surface area contributed by atoms with Gasteiger partial charge in [-0.25, -0.2) is 0 Å². The monoisotopic (exact) mass is 192 g/mol. The molecule has 2 nitrogen and oxygen atoms in total. The van der Waals surface area contributed by atoms with E-state index in [9.17, 15) is 9.59 Å². The van der Waals surface area contributed by atoms with Crippen LogP contribution in [0.2, 0.25) is 0 Å². The van der Waals surface area contributed by atoms with E-state index >= 15 is 0 Å². The highest BCUT2D eigenvalue weighted by molar-refractivity contribution is 6.22. The predicted molar refractivity (Wildman–Crippen MR) is 55.9 cm³/mol. The Morgan fingerprint density at radius 1 is 1.00 bits per heavy atom. The number of ketones is 2. The Hall–Kier alpha value is -1.18. The molecule has 0 aromatic heterocycles. The van der Waals surface area contributed by atoms with E-state index in [1.165, 1.54) is 6.08 Å². The van der Waals surface area contributed by atoms with Crippen LogP contribution in [0.15, 0.2) is 22.8 Å². The van der Waals surface area contributed by atoms with Crippen molar-refractivity contribution in [1.82, 2.24) is 0 Å². The summed E-state index contributed by atoms with van der Waals surface area (Å²) in [6.07, 6.45) is 1.48. The molecular weight excluding hydrogens is 176 g/mol. The fourth-order valence-corrected chi connectivity index (χ4v) is 1.42. The van der Waals surface area contributed by atoms with Gasteiger partial charge in [-0.2, -0.15) is 0 Å². The quantitative estimate of drug-likeness (QED) is 0.552. The first-order valence-corrected chi connectivity index (χ1v) is 4.74. The van der Waals surface area contributed by atoms with Crippen LogP contribution < -0.4 is 0 Å². The van der Waals surface area contributed by atoms with Gasteiger partial charge in [0.25, 0.3) is 0 Å². The van der Waals surface area contributed by atoms with Gasteiger partial charge < -0.3 is 0 Å². The Balaban J connectivity index is 3.24. The molecule has 1 rings (SSSR count). The molecule has 0 fully saturated rings. The molecule has 0 spiro atoms. The largest absolute Gasteiger partial charge is 0.290 e. The first-order chi connectivity index (χ1) is 6.25. The van der Waals surface area contributed by atoms with E-state index in [0.29, 0.717) is 16.7 Å². The van der Waals surface area contributed by atoms with Gasteiger partial charge in [0.2, 0.25) is 0 Å². The average molecular weight is 192 g/mol. The van der Waals surface area contributed by atoms with Gasteiger partial charge in [0.1, 0.15) is 0 Å². The lowest BCUT2D eigenvalue weighted by Gasteiger charge is -2.25. The zero-order valence-electron chi connectivity index (χ0n) is 9.39. The first kappa shape index (κ1) is 10.9. The summed E-state index contributed by atoms with van der Waals surface area (Å²) in [6, 6.07) is 0. The molecule has 0 aliphatic heterocycles. The molecule has 0 unspecified atom stereocenters. The van der Waals surface area contributed by atoms with Crippen LogP contribution in [0, 0.1) is 5.41 Å². The van der Waals surface area contributed by atoms with Gasteiger partial charge in [0.05, 0.1) is 0 Å². The van der Waals surface area contributed by atoms with Crippen LogP contribution in [-0.4, -0.2) is 11.6 Å². The molecule has 1 aliphatic carbocycles. The Labute approximate surface area is 84.7 Å². The predicted octanol–water partition coefficient (Wildman–Crippen LogP) is 2.45. The topological polar surface area (TPSA) is 34.1 Å². The van der Waals surface area contributed by atoms with Gasteiger partial charge in [-0.1, -0.05) is 20.8 Å². The summed E-state index contributed by atoms with van der Waals surface area (Å²) >= 11 is 0. The van der Waals surface area contributed by atoms with Crippen LogP contribution in [0.25, 0.3) is 0 Å². The van der Waals surface area contributed by atoms with E-state index < -0.39 is 0 Å². The van der Waals surface area contributed by atoms with Crippen LogP contribution in [0.4, 0.5) is 0 Å². The summed E-state index contributed by atoms with van der Waals surface area (Å²) in [7, 11) is 0. The minimum atomic E-state index is -0.255. The van der Waals surface area contributed by atoms with Crippen LogP contribution in [0.5, 0.6) is 0 Å². The number of rotatable bonds is 0. The van der Waals surface area contributed by atoms with Crippen molar-refractivity contribution >= 4 is 11.6 Å². The van der Waals surface area contributed by atoms with Crippen molar-refractivity contribution in [2.24, 2.45) is 5.41 Å². The Morgan fingerprint density at radius 3 is 1.93 bits per heavy atom. The molecule has 0 amide bonds. The maximum Gasteiger partial charge on any atom is 0.185 e. The molecule has 76 valence electrons. The van der Waals surface area contributed by atoms with Crippen molar-refractivity contribution < 1.29 is 9.59 Å². The highest BCUT2D eigenvalue weighted by Crippen LogP contribution is 2.31. The van der Waals surface area contributed by atoms with E-state index in [-0.39, 0.29) is 17.0 Å². The molecule has 0 radical (unpaired) electrons. The number of Topliss-reactive ketones (excluding diaryl/α,β-unsaturated/α-hetero) is 1. The maximum absolute atomic E-state index is 11.8. The maximum atomic E-state index is 11.8. The van der Waals surface area contributed by atoms with Crippen molar-refractivity contribution in [3.05, 3.63) is 22.8 Å². The third kappa shape index (κ3) is 1.69. The van der Waals surface area contributed by atoms with Gasteiger partial charge in [0, 0.05) is 16.7 Å². The summed E-state index contributed by atoms with van der Waals surface area (Å²) in [5.41, 5.74) is 1.52. The summed E-state index contributed by atoms with van der Waals surface area (Å²) < 4.78 is 0. The second-order valence-corrected chi connectivity index (χ2v) is 4.75. The van der Waals surface area contributed by atoms with Crippen molar-refractivity contribution in [1.29, 1.82) is 0 Å². The number of hydrogen-bond donors (Lipinski definition) is 0. The lowest BCUT2D eigenvalue weighted by Crippen LogP contribution is -2.25. The van der Waals surface area contributed by atoms with E-state index in [0.717, 1.165) is 0 Å². The normalized spacial score (nSPS) is 18.8. The third-order valence-corrected chi connectivity index (χ3v) is 2.60. The molecule has 0 heterocycles. The molecule has 0 aromatic rings. The average Bonchev–Trinajstić information content (AvgIpc) is 2.06. The minimum absolute atomic E-state index is 0.00889. The third-order valence-electron chi connectivity index (χ3n) is 2.60. The van der Waals surface area contributed by atoms with Crippen molar-refractivity contribution in [2.45, 2.75) is 34.6 Å². The van der Waals surface area contributed by atoms with Gasteiger partial charge in [0.15, 0.2) is 11.6 Å². The molecule has 0 bridgehead atoms. The molecule has 0 saturated carbocycles. The highest BCUT2D eigenvalue weighted by Gasteiger charge is 2.30. The standard InChI is InChI=1S/C12H16O2/c1-7-8(2)11(14)9(6-10(7)13)12(3,4)5/h6H,1-5H3. The molecule has 0 saturated heterocycles. The summed E-state index contributed by atoms with van der Waals surface area (Å²) in [6.45, 7) is 9.24. The molecule has 2 heteroatoms. The van der Waals surface area contributed by atoms with Crippen LogP contribution in [0.3, 0.4) is 0 Å². The van der Waals surface area contributed by atoms with Crippen LogP contribution in [-0.2, 0) is 9.59 Å². The van der Waals surface area contributed by atoms with Crippen molar-refractivity contribution in [3.63, 3.8) is 0 Å². The fourth-order valence-electron chi connectivity index (χ4n) is 1.42. The van der Waals surface area contributed by atoms with Crippen LogP contribution >= 0.6 is 0 Å². The highest BCUT2D eigenvalue weighted by atomic mass is 16.1. The minimum Gasteiger partial charge on any atom is -0.290 e. The first-order valence-electron chi connectivity index (χ1n) is 4.74. The van der Waals surface area contributed by atoms with E-state index in [1.54, 1.807) is 13.8 Å². The summed E-state index contributed by atoms with van der Waals surface area (Å²) in [5, 5.41) is 0. The fraction of sp³-hybridized carbons (Fsp3) is 0.500. The molecule has 0 atom stereocenters. The van der Waals surface area contributed by atoms with Gasteiger partial charge in [-0.15, -0.1) is 0 Å². The molecule has 0 N–H and O–H groups in total. The van der Waals surface area contributed by atoms with Crippen LogP contribution in [0.1, 0.15) is 34.6 Å². The number of carbonyl (C=O) groups excluding carboxylic acids is 2. The Bertz CT molecular complexity index is 362. The van der Waals surface area contributed by atoms with Gasteiger partial charge in [-0.05, 0) is 25.3 Å². The van der Waals surface area contributed by atoms with Gasteiger partial charge in [-0.3, -0.25) is 9.59 Å². The van der Waals surface area contributed by atoms with E-state index in [1.807, 2.05) is 20.8 Å². The van der Waals surface area contributed by atoms with E-state index in [2.05, 4.69) is 0 Å². The summed E-state index contributed by atoms with van der Waals surface area (Å²) in [5.74, 6) is -0.0263. The Kier molecular flexibility index (Phi) is 2.49. The Morgan fingerprint density at radius 2 is 1.50 bits per heavy atom. The zero-order chi connectivity index (χ0) is 11.1. The second-order valence-electron chi connectivity index (χ2n) is 4.75. The number of carbonyl (C=O) groups is 2. The second kappa shape index (κ2) is 3.19. The zero-order valence-corrected chi connectivity index (χ0v) is 9.39.